The number of nitrogen functional groups attached to an aromatic ring is 1. The van der Waals surface area contributed by atoms with Gasteiger partial charge in [-0.05, 0) is 40.2 Å². The summed E-state index contributed by atoms with van der Waals surface area (Å²) in [5.74, 6) is 0. The van der Waals surface area contributed by atoms with Crippen molar-refractivity contribution < 1.29 is 0 Å². The lowest BCUT2D eigenvalue weighted by Crippen LogP contribution is -1.97. The van der Waals surface area contributed by atoms with Crippen LogP contribution in [0, 0.1) is 0 Å². The summed E-state index contributed by atoms with van der Waals surface area (Å²) in [6, 6.07) is 7.24. The van der Waals surface area contributed by atoms with Crippen molar-refractivity contribution in [2.75, 3.05) is 5.73 Å². The van der Waals surface area contributed by atoms with Gasteiger partial charge in [-0.3, -0.25) is 0 Å². The summed E-state index contributed by atoms with van der Waals surface area (Å²) in [5, 5.41) is 5.90. The maximum atomic E-state index is 6.14. The van der Waals surface area contributed by atoms with E-state index in [-0.39, 0.29) is 0 Å². The minimum Gasteiger partial charge on any atom is -0.399 e. The highest BCUT2D eigenvalue weighted by atomic mass is 79.9. The van der Waals surface area contributed by atoms with Crippen LogP contribution in [0.1, 0.15) is 0 Å². The van der Waals surface area contributed by atoms with Crippen LogP contribution in [0.4, 0.5) is 5.69 Å². The Hall–Kier alpha value is -1.59. The monoisotopic (exact) mass is 322 g/mol. The number of halogens is 2. The molecule has 0 amide bonds. The van der Waals surface area contributed by atoms with Crippen LogP contribution in [-0.2, 0) is 0 Å². The zero-order valence-corrected chi connectivity index (χ0v) is 11.5. The molecule has 2 N–H and O–H groups in total. The SMILES string of the molecule is Nc1ccc(Cl)c(-n2cc3cc(Br)cnc3n2)c1. The highest BCUT2D eigenvalue weighted by molar-refractivity contribution is 9.10. The van der Waals surface area contributed by atoms with Crippen LogP contribution < -0.4 is 5.73 Å². The van der Waals surface area contributed by atoms with Gasteiger partial charge in [0.05, 0.1) is 10.7 Å². The molecule has 0 unspecified atom stereocenters. The Morgan fingerprint density at radius 3 is 2.94 bits per heavy atom. The molecule has 2 heterocycles. The first-order valence-corrected chi connectivity index (χ1v) is 6.37. The van der Waals surface area contributed by atoms with Gasteiger partial charge in [0.15, 0.2) is 5.65 Å². The molecular formula is C12H8BrClN4. The molecule has 3 aromatic rings. The van der Waals surface area contributed by atoms with E-state index in [1.165, 1.54) is 0 Å². The second-order valence-corrected chi connectivity index (χ2v) is 5.17. The maximum Gasteiger partial charge on any atom is 0.181 e. The quantitative estimate of drug-likeness (QED) is 0.698. The number of hydrogen-bond acceptors (Lipinski definition) is 3. The highest BCUT2D eigenvalue weighted by Crippen LogP contribution is 2.24. The molecule has 0 aliphatic rings. The molecule has 1 aromatic carbocycles. The van der Waals surface area contributed by atoms with Gasteiger partial charge in [-0.15, -0.1) is 5.10 Å². The molecule has 2 aromatic heterocycles. The smallest absolute Gasteiger partial charge is 0.181 e. The third kappa shape index (κ3) is 1.95. The Bertz CT molecular complexity index is 738. The molecular weight excluding hydrogens is 316 g/mol. The van der Waals surface area contributed by atoms with E-state index >= 15 is 0 Å². The number of pyridine rings is 1. The number of benzene rings is 1. The van der Waals surface area contributed by atoms with E-state index in [1.807, 2.05) is 12.3 Å². The molecule has 4 nitrogen and oxygen atoms in total. The molecule has 6 heteroatoms. The summed E-state index contributed by atoms with van der Waals surface area (Å²) in [4.78, 5) is 4.23. The minimum absolute atomic E-state index is 0.594. The molecule has 0 atom stereocenters. The lowest BCUT2D eigenvalue weighted by atomic mass is 10.3. The van der Waals surface area contributed by atoms with Gasteiger partial charge in [-0.1, -0.05) is 11.6 Å². The number of hydrogen-bond donors (Lipinski definition) is 1. The summed E-state index contributed by atoms with van der Waals surface area (Å²) in [6.45, 7) is 0. The summed E-state index contributed by atoms with van der Waals surface area (Å²) in [6.07, 6.45) is 3.58. The van der Waals surface area contributed by atoms with E-state index in [0.717, 1.165) is 15.5 Å². The molecule has 0 saturated carbocycles. The lowest BCUT2D eigenvalue weighted by Gasteiger charge is -2.04. The summed E-state index contributed by atoms with van der Waals surface area (Å²) < 4.78 is 2.59. The molecule has 0 bridgehead atoms. The normalized spacial score (nSPS) is 11.0. The van der Waals surface area contributed by atoms with Gasteiger partial charge in [0.1, 0.15) is 0 Å². The number of anilines is 1. The lowest BCUT2D eigenvalue weighted by molar-refractivity contribution is 0.890. The van der Waals surface area contributed by atoms with Crippen molar-refractivity contribution in [3.8, 4) is 5.69 Å². The molecule has 0 aliphatic heterocycles. The first-order valence-electron chi connectivity index (χ1n) is 5.20. The Morgan fingerprint density at radius 2 is 2.11 bits per heavy atom. The third-order valence-electron chi connectivity index (χ3n) is 2.54. The molecule has 0 saturated heterocycles. The molecule has 0 spiro atoms. The standard InChI is InChI=1S/C12H8BrClN4/c13-8-3-7-6-18(17-12(7)16-5-8)11-4-9(15)1-2-10(11)14/h1-6H,15H2. The van der Waals surface area contributed by atoms with Crippen molar-refractivity contribution in [3.63, 3.8) is 0 Å². The Morgan fingerprint density at radius 1 is 1.28 bits per heavy atom. The average Bonchev–Trinajstić information content (AvgIpc) is 2.74. The fourth-order valence-electron chi connectivity index (χ4n) is 1.72. The van der Waals surface area contributed by atoms with Gasteiger partial charge in [-0.2, -0.15) is 0 Å². The van der Waals surface area contributed by atoms with Crippen molar-refractivity contribution >= 4 is 44.3 Å². The number of aromatic nitrogens is 3. The Balaban J connectivity index is 2.22. The maximum absolute atomic E-state index is 6.14. The zero-order valence-electron chi connectivity index (χ0n) is 9.14. The number of fused-ring (bicyclic) bond motifs is 1. The van der Waals surface area contributed by atoms with Crippen LogP contribution >= 0.6 is 27.5 Å². The van der Waals surface area contributed by atoms with Gasteiger partial charge >= 0.3 is 0 Å². The van der Waals surface area contributed by atoms with E-state index in [0.29, 0.717) is 16.4 Å². The van der Waals surface area contributed by atoms with E-state index < -0.39 is 0 Å². The molecule has 18 heavy (non-hydrogen) atoms. The zero-order chi connectivity index (χ0) is 12.7. The summed E-state index contributed by atoms with van der Waals surface area (Å²) in [5.41, 5.74) is 7.81. The van der Waals surface area contributed by atoms with Crippen molar-refractivity contribution in [1.29, 1.82) is 0 Å². The van der Waals surface area contributed by atoms with Crippen molar-refractivity contribution in [1.82, 2.24) is 14.8 Å². The number of nitrogens with two attached hydrogens (primary N) is 1. The van der Waals surface area contributed by atoms with E-state index in [2.05, 4.69) is 26.0 Å². The molecule has 0 fully saturated rings. The first kappa shape index (κ1) is 11.5. The van der Waals surface area contributed by atoms with E-state index in [1.54, 1.807) is 29.1 Å². The average molecular weight is 324 g/mol. The topological polar surface area (TPSA) is 56.7 Å². The summed E-state index contributed by atoms with van der Waals surface area (Å²) in [7, 11) is 0. The van der Waals surface area contributed by atoms with Gasteiger partial charge < -0.3 is 5.73 Å². The molecule has 90 valence electrons. The third-order valence-corrected chi connectivity index (χ3v) is 3.30. The van der Waals surface area contributed by atoms with Gasteiger partial charge in [0.25, 0.3) is 0 Å². The van der Waals surface area contributed by atoms with Gasteiger partial charge in [-0.25, -0.2) is 9.67 Å². The minimum atomic E-state index is 0.594. The number of nitrogens with zero attached hydrogens (tertiary/aromatic N) is 3. The molecule has 0 radical (unpaired) electrons. The fraction of sp³-hybridized carbons (Fsp3) is 0. The highest BCUT2D eigenvalue weighted by Gasteiger charge is 2.08. The van der Waals surface area contributed by atoms with Crippen molar-refractivity contribution in [2.24, 2.45) is 0 Å². The van der Waals surface area contributed by atoms with Crippen molar-refractivity contribution in [3.05, 3.63) is 46.2 Å². The van der Waals surface area contributed by atoms with Crippen LogP contribution in [0.25, 0.3) is 16.7 Å². The van der Waals surface area contributed by atoms with Crippen LogP contribution in [0.15, 0.2) is 41.1 Å². The Kier molecular flexibility index (Phi) is 2.72. The van der Waals surface area contributed by atoms with Gasteiger partial charge in [0, 0.05) is 27.9 Å². The van der Waals surface area contributed by atoms with Crippen LogP contribution in [-0.4, -0.2) is 14.8 Å². The predicted molar refractivity (Wildman–Crippen MR) is 76.0 cm³/mol. The van der Waals surface area contributed by atoms with Crippen LogP contribution in [0.3, 0.4) is 0 Å². The first-order chi connectivity index (χ1) is 8.63. The molecule has 3 rings (SSSR count). The Labute approximate surface area is 117 Å². The number of rotatable bonds is 1. The summed E-state index contributed by atoms with van der Waals surface area (Å²) >= 11 is 9.52. The van der Waals surface area contributed by atoms with E-state index in [9.17, 15) is 0 Å². The second kappa shape index (κ2) is 4.26. The van der Waals surface area contributed by atoms with Gasteiger partial charge in [0.2, 0.25) is 0 Å². The predicted octanol–water partition coefficient (Wildman–Crippen LogP) is 3.42. The molecule has 0 aliphatic carbocycles. The van der Waals surface area contributed by atoms with E-state index in [4.69, 9.17) is 17.3 Å². The fourth-order valence-corrected chi connectivity index (χ4v) is 2.27. The second-order valence-electron chi connectivity index (χ2n) is 3.85. The van der Waals surface area contributed by atoms with Crippen molar-refractivity contribution in [2.45, 2.75) is 0 Å². The van der Waals surface area contributed by atoms with Crippen LogP contribution in [0.2, 0.25) is 5.02 Å². The van der Waals surface area contributed by atoms with Crippen LogP contribution in [0.5, 0.6) is 0 Å². The largest absolute Gasteiger partial charge is 0.399 e.